The molecule has 2 heterocycles. The molecule has 12 heteroatoms. The second-order valence-electron chi connectivity index (χ2n) is 9.22. The van der Waals surface area contributed by atoms with Crippen molar-refractivity contribution >= 4 is 61.5 Å². The van der Waals surface area contributed by atoms with E-state index >= 15 is 0 Å². The summed E-state index contributed by atoms with van der Waals surface area (Å²) < 4.78 is 28.6. The molecule has 0 unspecified atom stereocenters. The Morgan fingerprint density at radius 2 is 1.79 bits per heavy atom. The third-order valence-corrected chi connectivity index (χ3v) is 8.42. The Kier molecular flexibility index (Phi) is 8.64. The number of sulfonamides is 1. The predicted octanol–water partition coefficient (Wildman–Crippen LogP) is 4.14. The Balaban J connectivity index is 0.00000280. The minimum absolute atomic E-state index is 0. The normalized spacial score (nSPS) is 17.4. The number of hydrogen-bond acceptors (Lipinski definition) is 6. The molecule has 4 rings (SSSR count). The number of amides is 1. The molecule has 0 bridgehead atoms. The summed E-state index contributed by atoms with van der Waals surface area (Å²) in [7, 11) is -4.00. The van der Waals surface area contributed by atoms with Gasteiger partial charge in [-0.15, -0.1) is 4.40 Å². The molecule has 38 heavy (non-hydrogen) atoms. The SMILES string of the molecule is C[C@@H](C(=O)N1CCN(c2ccc(S(=O)(=O)N=C(N)/C=C\C(=N)Cl)cc2)CC1)N1CCCc2cc(Cl)ccc21.[HH].[HH]. The largest absolute Gasteiger partial charge is 0.383 e. The first-order valence-electron chi connectivity index (χ1n) is 12.3. The summed E-state index contributed by atoms with van der Waals surface area (Å²) in [6.07, 6.45) is 4.24. The molecule has 1 saturated heterocycles. The summed E-state index contributed by atoms with van der Waals surface area (Å²) in [4.78, 5) is 19.6. The summed E-state index contributed by atoms with van der Waals surface area (Å²) in [5.41, 5.74) is 8.73. The van der Waals surface area contributed by atoms with E-state index in [0.717, 1.165) is 42.9 Å². The molecule has 0 saturated carbocycles. The van der Waals surface area contributed by atoms with Crippen LogP contribution in [0.3, 0.4) is 0 Å². The smallest absolute Gasteiger partial charge is 0.284 e. The van der Waals surface area contributed by atoms with Gasteiger partial charge in [-0.1, -0.05) is 23.2 Å². The van der Waals surface area contributed by atoms with Gasteiger partial charge < -0.3 is 20.4 Å². The number of piperazine rings is 1. The molecule has 2 aromatic carbocycles. The van der Waals surface area contributed by atoms with Crippen LogP contribution in [0, 0.1) is 5.41 Å². The van der Waals surface area contributed by atoms with Gasteiger partial charge in [0, 0.05) is 52.0 Å². The van der Waals surface area contributed by atoms with Crippen LogP contribution in [0.5, 0.6) is 0 Å². The highest BCUT2D eigenvalue weighted by Crippen LogP contribution is 2.31. The van der Waals surface area contributed by atoms with E-state index in [9.17, 15) is 13.2 Å². The van der Waals surface area contributed by atoms with E-state index in [1.165, 1.54) is 17.7 Å². The maximum absolute atomic E-state index is 13.4. The predicted molar refractivity (Wildman–Crippen MR) is 158 cm³/mol. The van der Waals surface area contributed by atoms with Gasteiger partial charge in [0.1, 0.15) is 17.0 Å². The molecule has 2 aliphatic heterocycles. The minimum Gasteiger partial charge on any atom is -0.383 e. The lowest BCUT2D eigenvalue weighted by Crippen LogP contribution is -2.55. The van der Waals surface area contributed by atoms with Crippen molar-refractivity contribution in [2.75, 3.05) is 42.5 Å². The van der Waals surface area contributed by atoms with Crippen molar-refractivity contribution in [3.8, 4) is 0 Å². The van der Waals surface area contributed by atoms with Gasteiger partial charge >= 0.3 is 0 Å². The maximum Gasteiger partial charge on any atom is 0.284 e. The van der Waals surface area contributed by atoms with E-state index in [1.807, 2.05) is 30.0 Å². The number of nitrogens with zero attached hydrogens (tertiary/aromatic N) is 4. The Bertz CT molecular complexity index is 1380. The third kappa shape index (κ3) is 6.48. The van der Waals surface area contributed by atoms with E-state index in [4.69, 9.17) is 34.3 Å². The number of benzene rings is 2. The van der Waals surface area contributed by atoms with Crippen molar-refractivity contribution in [3.63, 3.8) is 0 Å². The monoisotopic (exact) mass is 580 g/mol. The molecule has 206 valence electrons. The minimum atomic E-state index is -4.00. The fourth-order valence-corrected chi connectivity index (χ4v) is 5.97. The van der Waals surface area contributed by atoms with Crippen LogP contribution in [0.4, 0.5) is 11.4 Å². The molecule has 1 amide bonds. The van der Waals surface area contributed by atoms with Gasteiger partial charge in [-0.3, -0.25) is 10.2 Å². The van der Waals surface area contributed by atoms with Crippen LogP contribution in [0.2, 0.25) is 5.02 Å². The third-order valence-electron chi connectivity index (χ3n) is 6.74. The molecule has 3 N–H and O–H groups in total. The Morgan fingerprint density at radius 3 is 2.45 bits per heavy atom. The van der Waals surface area contributed by atoms with E-state index in [0.29, 0.717) is 31.2 Å². The second-order valence-corrected chi connectivity index (χ2v) is 11.7. The van der Waals surface area contributed by atoms with Crippen molar-refractivity contribution in [3.05, 3.63) is 65.2 Å². The van der Waals surface area contributed by atoms with E-state index in [2.05, 4.69) is 14.2 Å². The number of amidine groups is 1. The van der Waals surface area contributed by atoms with Crippen molar-refractivity contribution < 1.29 is 16.1 Å². The van der Waals surface area contributed by atoms with E-state index < -0.39 is 10.0 Å². The van der Waals surface area contributed by atoms with Gasteiger partial charge in [0.15, 0.2) is 0 Å². The average molecular weight is 582 g/mol. The summed E-state index contributed by atoms with van der Waals surface area (Å²) in [5.74, 6) is -0.172. The van der Waals surface area contributed by atoms with Crippen molar-refractivity contribution in [1.82, 2.24) is 4.90 Å². The van der Waals surface area contributed by atoms with Gasteiger partial charge in [-0.05, 0) is 79.9 Å². The highest BCUT2D eigenvalue weighted by atomic mass is 35.5. The number of nitrogens with two attached hydrogens (primary N) is 1. The first kappa shape index (κ1) is 27.9. The molecule has 0 spiro atoms. The number of carbonyl (C=O) groups is 1. The number of hydrogen-bond donors (Lipinski definition) is 2. The summed E-state index contributed by atoms with van der Waals surface area (Å²) in [5, 5.41) is 7.55. The van der Waals surface area contributed by atoms with Crippen molar-refractivity contribution in [2.24, 2.45) is 10.1 Å². The number of allylic oxidation sites excluding steroid dienone is 1. The molecule has 1 fully saturated rings. The van der Waals surface area contributed by atoms with Crippen LogP contribution < -0.4 is 15.5 Å². The number of nitrogens with one attached hydrogen (secondary N) is 1. The van der Waals surface area contributed by atoms with Gasteiger partial charge in [0.2, 0.25) is 5.91 Å². The maximum atomic E-state index is 13.4. The molecule has 2 aliphatic rings. The van der Waals surface area contributed by atoms with E-state index in [-0.39, 0.29) is 30.7 Å². The summed E-state index contributed by atoms with van der Waals surface area (Å²) >= 11 is 11.6. The molecule has 9 nitrogen and oxygen atoms in total. The molecule has 2 aromatic rings. The number of aryl methyl sites for hydroxylation is 1. The zero-order chi connectivity index (χ0) is 27.4. The highest BCUT2D eigenvalue weighted by molar-refractivity contribution is 7.90. The first-order chi connectivity index (χ1) is 18.0. The van der Waals surface area contributed by atoms with Gasteiger partial charge in [0.05, 0.1) is 4.90 Å². The molecule has 0 radical (unpaired) electrons. The van der Waals surface area contributed by atoms with Crippen LogP contribution >= 0.6 is 23.2 Å². The molecule has 0 aromatic heterocycles. The molecular weight excluding hydrogens is 547 g/mol. The number of fused-ring (bicyclic) bond motifs is 1. The van der Waals surface area contributed by atoms with Crippen LogP contribution in [-0.2, 0) is 21.2 Å². The Hall–Kier alpha value is -3.08. The first-order valence-corrected chi connectivity index (χ1v) is 14.5. The number of carbonyl (C=O) groups excluding carboxylic acids is 1. The summed E-state index contributed by atoms with van der Waals surface area (Å²) in [6.45, 7) is 5.22. The topological polar surface area (TPSA) is 123 Å². The highest BCUT2D eigenvalue weighted by Gasteiger charge is 2.31. The second kappa shape index (κ2) is 11.8. The van der Waals surface area contributed by atoms with Crippen LogP contribution in [0.25, 0.3) is 0 Å². The van der Waals surface area contributed by atoms with Gasteiger partial charge in [-0.2, -0.15) is 8.42 Å². The number of anilines is 2. The molecule has 1 atom stereocenters. The van der Waals surface area contributed by atoms with Crippen LogP contribution in [-0.4, -0.2) is 69.0 Å². The zero-order valence-electron chi connectivity index (χ0n) is 21.0. The standard InChI is InChI=1S/C26H30Cl2N6O3S.2H2/c1-18(34-12-2-3-19-17-20(27)4-9-23(19)34)26(35)33-15-13-32(14-16-33)21-5-7-22(8-6-21)38(36,37)31-25(30)11-10-24(28)29;;/h4-11,17-18,29H,2-3,12-16H2,1H3,(H2,30,31);2*1H/b11-10-,29-24?;;/t18-;;/m0../s1. The Morgan fingerprint density at radius 1 is 1.11 bits per heavy atom. The lowest BCUT2D eigenvalue weighted by atomic mass is 10.00. The van der Waals surface area contributed by atoms with Crippen LogP contribution in [0.1, 0.15) is 21.8 Å². The van der Waals surface area contributed by atoms with Crippen molar-refractivity contribution in [1.29, 1.82) is 5.41 Å². The average Bonchev–Trinajstić information content (AvgIpc) is 2.90. The van der Waals surface area contributed by atoms with E-state index in [1.54, 1.807) is 12.1 Å². The summed E-state index contributed by atoms with van der Waals surface area (Å²) in [6, 6.07) is 12.0. The quantitative estimate of drug-likeness (QED) is 0.374. The number of rotatable bonds is 7. The molecular formula is C26H34Cl2N6O3S. The number of halogens is 2. The van der Waals surface area contributed by atoms with Crippen molar-refractivity contribution in [2.45, 2.75) is 30.7 Å². The lowest BCUT2D eigenvalue weighted by Gasteiger charge is -2.41. The fraction of sp³-hybridized carbons (Fsp3) is 0.346. The van der Waals surface area contributed by atoms with Crippen LogP contribution in [0.15, 0.2) is 63.9 Å². The van der Waals surface area contributed by atoms with Gasteiger partial charge in [0.25, 0.3) is 10.0 Å². The lowest BCUT2D eigenvalue weighted by molar-refractivity contribution is -0.132. The molecule has 0 aliphatic carbocycles. The zero-order valence-corrected chi connectivity index (χ0v) is 23.3. The fourth-order valence-electron chi connectivity index (χ4n) is 4.79. The Labute approximate surface area is 236 Å². The van der Waals surface area contributed by atoms with Gasteiger partial charge in [-0.25, -0.2) is 0 Å².